The molecule has 1 aromatic heterocycles. The molecular formula is C15H19NS. The number of nitrogens with one attached hydrogen (secondary N) is 1. The number of thiophene rings is 1. The molecule has 0 radical (unpaired) electrons. The molecule has 0 bridgehead atoms. The van der Waals surface area contributed by atoms with Crippen LogP contribution in [-0.2, 0) is 6.54 Å². The van der Waals surface area contributed by atoms with E-state index in [0.717, 1.165) is 6.54 Å². The van der Waals surface area contributed by atoms with E-state index in [1.54, 1.807) is 0 Å². The molecular weight excluding hydrogens is 226 g/mol. The average molecular weight is 245 g/mol. The summed E-state index contributed by atoms with van der Waals surface area (Å²) in [5.74, 6) is 0. The standard InChI is InChI=1S/C15H19NS/c1-3-12(2)16-11-14-9-10-15(17-14)13-7-5-4-6-8-13/h4-10,12,16H,3,11H2,1-2H3. The molecule has 1 aromatic carbocycles. The van der Waals surface area contributed by atoms with Crippen molar-refractivity contribution in [1.82, 2.24) is 5.32 Å². The van der Waals surface area contributed by atoms with Gasteiger partial charge >= 0.3 is 0 Å². The van der Waals surface area contributed by atoms with Crippen molar-refractivity contribution in [3.63, 3.8) is 0 Å². The normalized spacial score (nSPS) is 12.6. The third-order valence-corrected chi connectivity index (χ3v) is 4.09. The van der Waals surface area contributed by atoms with Crippen molar-refractivity contribution in [3.8, 4) is 10.4 Å². The zero-order chi connectivity index (χ0) is 12.1. The first kappa shape index (κ1) is 12.3. The molecule has 1 unspecified atom stereocenters. The van der Waals surface area contributed by atoms with Crippen molar-refractivity contribution in [2.24, 2.45) is 0 Å². The molecule has 1 heterocycles. The van der Waals surface area contributed by atoms with E-state index in [1.807, 2.05) is 11.3 Å². The lowest BCUT2D eigenvalue weighted by atomic mass is 10.2. The zero-order valence-electron chi connectivity index (χ0n) is 10.4. The fraction of sp³-hybridized carbons (Fsp3) is 0.333. The molecule has 0 aliphatic carbocycles. The van der Waals surface area contributed by atoms with Crippen LogP contribution in [-0.4, -0.2) is 6.04 Å². The third-order valence-electron chi connectivity index (χ3n) is 2.96. The minimum absolute atomic E-state index is 0.595. The van der Waals surface area contributed by atoms with E-state index in [0.29, 0.717) is 6.04 Å². The summed E-state index contributed by atoms with van der Waals surface area (Å²) in [6, 6.07) is 15.6. The Morgan fingerprint density at radius 2 is 1.88 bits per heavy atom. The maximum atomic E-state index is 3.52. The second-order valence-corrected chi connectivity index (χ2v) is 5.49. The molecule has 0 aliphatic heterocycles. The summed E-state index contributed by atoms with van der Waals surface area (Å²) in [6.45, 7) is 5.42. The summed E-state index contributed by atoms with van der Waals surface area (Å²) in [6.07, 6.45) is 1.18. The van der Waals surface area contributed by atoms with Crippen LogP contribution in [0.1, 0.15) is 25.1 Å². The van der Waals surface area contributed by atoms with E-state index in [4.69, 9.17) is 0 Å². The van der Waals surface area contributed by atoms with E-state index in [9.17, 15) is 0 Å². The molecule has 2 aromatic rings. The van der Waals surface area contributed by atoms with Crippen LogP contribution in [0.4, 0.5) is 0 Å². The smallest absolute Gasteiger partial charge is 0.0346 e. The summed E-state index contributed by atoms with van der Waals surface area (Å²) >= 11 is 1.88. The van der Waals surface area contributed by atoms with Gasteiger partial charge in [-0.15, -0.1) is 11.3 Å². The second-order valence-electron chi connectivity index (χ2n) is 4.32. The SMILES string of the molecule is CCC(C)NCc1ccc(-c2ccccc2)s1. The van der Waals surface area contributed by atoms with E-state index < -0.39 is 0 Å². The number of hydrogen-bond donors (Lipinski definition) is 1. The maximum absolute atomic E-state index is 3.52. The van der Waals surface area contributed by atoms with Crippen molar-refractivity contribution in [2.45, 2.75) is 32.9 Å². The van der Waals surface area contributed by atoms with E-state index >= 15 is 0 Å². The fourth-order valence-electron chi connectivity index (χ4n) is 1.65. The van der Waals surface area contributed by atoms with Crippen molar-refractivity contribution < 1.29 is 0 Å². The summed E-state index contributed by atoms with van der Waals surface area (Å²) in [7, 11) is 0. The van der Waals surface area contributed by atoms with Crippen molar-refractivity contribution >= 4 is 11.3 Å². The first-order valence-electron chi connectivity index (χ1n) is 6.17. The van der Waals surface area contributed by atoms with Crippen LogP contribution in [0.3, 0.4) is 0 Å². The summed E-state index contributed by atoms with van der Waals surface area (Å²) in [5, 5.41) is 3.52. The first-order valence-corrected chi connectivity index (χ1v) is 6.98. The van der Waals surface area contributed by atoms with Gasteiger partial charge < -0.3 is 5.32 Å². The van der Waals surface area contributed by atoms with E-state index in [-0.39, 0.29) is 0 Å². The lowest BCUT2D eigenvalue weighted by Gasteiger charge is -2.09. The predicted octanol–water partition coefficient (Wildman–Crippen LogP) is 4.30. The second kappa shape index (κ2) is 5.99. The Kier molecular flexibility index (Phi) is 4.35. The van der Waals surface area contributed by atoms with E-state index in [1.165, 1.54) is 21.7 Å². The largest absolute Gasteiger partial charge is 0.309 e. The van der Waals surface area contributed by atoms with Crippen LogP contribution >= 0.6 is 11.3 Å². The van der Waals surface area contributed by atoms with Gasteiger partial charge in [-0.05, 0) is 31.0 Å². The van der Waals surface area contributed by atoms with Crippen LogP contribution in [0.5, 0.6) is 0 Å². The molecule has 90 valence electrons. The number of benzene rings is 1. The van der Waals surface area contributed by atoms with Gasteiger partial charge in [0.25, 0.3) is 0 Å². The molecule has 1 nitrogen and oxygen atoms in total. The predicted molar refractivity (Wildman–Crippen MR) is 76.3 cm³/mol. The monoisotopic (exact) mass is 245 g/mol. The van der Waals surface area contributed by atoms with Gasteiger partial charge in [0, 0.05) is 22.3 Å². The van der Waals surface area contributed by atoms with Crippen LogP contribution in [0.2, 0.25) is 0 Å². The Bertz CT molecular complexity index is 447. The minimum Gasteiger partial charge on any atom is -0.309 e. The Balaban J connectivity index is 2.01. The zero-order valence-corrected chi connectivity index (χ0v) is 11.3. The Morgan fingerprint density at radius 3 is 2.59 bits per heavy atom. The molecule has 17 heavy (non-hydrogen) atoms. The summed E-state index contributed by atoms with van der Waals surface area (Å²) in [5.41, 5.74) is 1.31. The topological polar surface area (TPSA) is 12.0 Å². The molecule has 1 atom stereocenters. The Labute approximate surface area is 108 Å². The molecule has 0 aliphatic rings. The minimum atomic E-state index is 0.595. The third kappa shape index (κ3) is 3.42. The van der Waals surface area contributed by atoms with Gasteiger partial charge in [-0.2, -0.15) is 0 Å². The maximum Gasteiger partial charge on any atom is 0.0346 e. The number of rotatable bonds is 5. The van der Waals surface area contributed by atoms with Gasteiger partial charge in [0.2, 0.25) is 0 Å². The summed E-state index contributed by atoms with van der Waals surface area (Å²) in [4.78, 5) is 2.76. The quantitative estimate of drug-likeness (QED) is 0.828. The highest BCUT2D eigenvalue weighted by Crippen LogP contribution is 2.27. The molecule has 0 saturated carbocycles. The van der Waals surface area contributed by atoms with Crippen molar-refractivity contribution in [1.29, 1.82) is 0 Å². The lowest BCUT2D eigenvalue weighted by Crippen LogP contribution is -2.23. The van der Waals surface area contributed by atoms with Gasteiger partial charge in [-0.25, -0.2) is 0 Å². The Morgan fingerprint density at radius 1 is 1.12 bits per heavy atom. The van der Waals surface area contributed by atoms with Crippen molar-refractivity contribution in [2.75, 3.05) is 0 Å². The van der Waals surface area contributed by atoms with Crippen LogP contribution in [0, 0.1) is 0 Å². The molecule has 1 N–H and O–H groups in total. The first-order chi connectivity index (χ1) is 8.29. The average Bonchev–Trinajstić information content (AvgIpc) is 2.86. The summed E-state index contributed by atoms with van der Waals surface area (Å²) < 4.78 is 0. The number of hydrogen-bond acceptors (Lipinski definition) is 2. The van der Waals surface area contributed by atoms with Crippen LogP contribution < -0.4 is 5.32 Å². The van der Waals surface area contributed by atoms with Crippen molar-refractivity contribution in [3.05, 3.63) is 47.3 Å². The lowest BCUT2D eigenvalue weighted by molar-refractivity contribution is 0.537. The van der Waals surface area contributed by atoms with Gasteiger partial charge in [-0.3, -0.25) is 0 Å². The van der Waals surface area contributed by atoms with Gasteiger partial charge in [0.05, 0.1) is 0 Å². The van der Waals surface area contributed by atoms with Crippen LogP contribution in [0.15, 0.2) is 42.5 Å². The molecule has 0 fully saturated rings. The molecule has 2 heteroatoms. The van der Waals surface area contributed by atoms with Gasteiger partial charge in [0.15, 0.2) is 0 Å². The molecule has 2 rings (SSSR count). The molecule has 0 amide bonds. The van der Waals surface area contributed by atoms with Gasteiger partial charge in [0.1, 0.15) is 0 Å². The van der Waals surface area contributed by atoms with Crippen LogP contribution in [0.25, 0.3) is 10.4 Å². The van der Waals surface area contributed by atoms with E-state index in [2.05, 4.69) is 61.6 Å². The fourth-order valence-corrected chi connectivity index (χ4v) is 2.61. The molecule has 0 spiro atoms. The highest BCUT2D eigenvalue weighted by molar-refractivity contribution is 7.15. The highest BCUT2D eigenvalue weighted by Gasteiger charge is 2.03. The Hall–Kier alpha value is -1.12. The molecule has 0 saturated heterocycles. The van der Waals surface area contributed by atoms with Gasteiger partial charge in [-0.1, -0.05) is 37.3 Å². The highest BCUT2D eigenvalue weighted by atomic mass is 32.1.